The molecular formula is C21H22F3N3O5. The van der Waals surface area contributed by atoms with Crippen molar-refractivity contribution >= 4 is 11.9 Å². The lowest BCUT2D eigenvalue weighted by Gasteiger charge is -2.32. The number of aliphatic carboxylic acids is 1. The number of ether oxygens (including phenoxy) is 2. The van der Waals surface area contributed by atoms with E-state index in [1.165, 1.54) is 0 Å². The highest BCUT2D eigenvalue weighted by Gasteiger charge is 2.47. The lowest BCUT2D eigenvalue weighted by atomic mass is 10.0. The number of fused-ring (bicyclic) bond motifs is 1. The number of carbonyl (C=O) groups excluding carboxylic acids is 1. The van der Waals surface area contributed by atoms with E-state index in [2.05, 4.69) is 9.97 Å². The Morgan fingerprint density at radius 3 is 2.56 bits per heavy atom. The molecule has 11 heteroatoms. The molecule has 0 saturated carbocycles. The molecule has 1 amide bonds. The van der Waals surface area contributed by atoms with Crippen LogP contribution in [0.1, 0.15) is 28.9 Å². The molecule has 32 heavy (non-hydrogen) atoms. The van der Waals surface area contributed by atoms with Crippen molar-refractivity contribution in [3.63, 3.8) is 0 Å². The first-order valence-electron chi connectivity index (χ1n) is 9.90. The molecule has 0 aliphatic carbocycles. The Kier molecular flexibility index (Phi) is 7.29. The van der Waals surface area contributed by atoms with Crippen LogP contribution in [-0.4, -0.2) is 69.4 Å². The molecule has 0 spiro atoms. The quantitative estimate of drug-likeness (QED) is 0.763. The summed E-state index contributed by atoms with van der Waals surface area (Å²) in [5.74, 6) is -2.21. The summed E-state index contributed by atoms with van der Waals surface area (Å²) in [5, 5.41) is 7.12. The molecule has 3 atom stereocenters. The largest absolute Gasteiger partial charge is 0.490 e. The van der Waals surface area contributed by atoms with E-state index in [0.717, 1.165) is 18.5 Å². The highest BCUT2D eigenvalue weighted by Crippen LogP contribution is 2.32. The minimum atomic E-state index is -5.08. The fraction of sp³-hybridized carbons (Fsp3) is 0.429. The number of hydrogen-bond donors (Lipinski definition) is 1. The van der Waals surface area contributed by atoms with Gasteiger partial charge >= 0.3 is 12.1 Å². The van der Waals surface area contributed by atoms with E-state index in [1.807, 2.05) is 42.2 Å². The Morgan fingerprint density at radius 1 is 1.22 bits per heavy atom. The number of carboxylic acid groups (broad SMARTS) is 1. The van der Waals surface area contributed by atoms with Gasteiger partial charge in [-0.15, -0.1) is 0 Å². The van der Waals surface area contributed by atoms with Crippen LogP contribution >= 0.6 is 0 Å². The van der Waals surface area contributed by atoms with E-state index in [1.54, 1.807) is 12.4 Å². The number of likely N-dealkylation sites (tertiary alicyclic amines) is 1. The van der Waals surface area contributed by atoms with Crippen molar-refractivity contribution in [1.29, 1.82) is 0 Å². The Labute approximate surface area is 182 Å². The number of aryl methyl sites for hydroxylation is 1. The first kappa shape index (κ1) is 23.5. The van der Waals surface area contributed by atoms with Gasteiger partial charge in [-0.05, 0) is 38.0 Å². The van der Waals surface area contributed by atoms with E-state index in [4.69, 9.17) is 19.4 Å². The Bertz CT molecular complexity index is 925. The third-order valence-electron chi connectivity index (χ3n) is 5.05. The van der Waals surface area contributed by atoms with Crippen LogP contribution < -0.4 is 4.74 Å². The zero-order valence-corrected chi connectivity index (χ0v) is 17.2. The summed E-state index contributed by atoms with van der Waals surface area (Å²) in [4.78, 5) is 32.2. The molecule has 8 nitrogen and oxygen atoms in total. The average molecular weight is 453 g/mol. The standard InChI is InChI=1S/C19H21N3O3.C2HF3O2/c1-13-7-8-14(11-21-13)19(23)22-12-16(18-15(22)5-4-10-24-18)25-17-6-2-3-9-20-17;3-2(4,5)1(6)7/h2-3,6-9,11,15-16,18H,4-5,10,12H2,1H3;(H,6,7)/t15-,16+,18+;/m1./s1. The van der Waals surface area contributed by atoms with Crippen molar-refractivity contribution in [2.24, 2.45) is 0 Å². The first-order chi connectivity index (χ1) is 15.2. The second kappa shape index (κ2) is 9.94. The van der Waals surface area contributed by atoms with E-state index >= 15 is 0 Å². The van der Waals surface area contributed by atoms with Crippen molar-refractivity contribution < 1.29 is 37.3 Å². The summed E-state index contributed by atoms with van der Waals surface area (Å²) in [6.45, 7) is 3.11. The van der Waals surface area contributed by atoms with Gasteiger partial charge < -0.3 is 19.5 Å². The zero-order chi connectivity index (χ0) is 23.3. The molecule has 1 N–H and O–H groups in total. The first-order valence-corrected chi connectivity index (χ1v) is 9.90. The highest BCUT2D eigenvalue weighted by molar-refractivity contribution is 5.94. The Balaban J connectivity index is 0.000000360. The minimum absolute atomic E-state index is 0.0138. The van der Waals surface area contributed by atoms with Gasteiger partial charge in [-0.3, -0.25) is 9.78 Å². The molecule has 2 aromatic rings. The highest BCUT2D eigenvalue weighted by atomic mass is 19.4. The summed E-state index contributed by atoms with van der Waals surface area (Å²) >= 11 is 0. The lowest BCUT2D eigenvalue weighted by molar-refractivity contribution is -0.192. The minimum Gasteiger partial charge on any atom is -0.475 e. The molecule has 172 valence electrons. The zero-order valence-electron chi connectivity index (χ0n) is 17.2. The van der Waals surface area contributed by atoms with Crippen LogP contribution in [0.5, 0.6) is 5.88 Å². The fourth-order valence-corrected chi connectivity index (χ4v) is 3.58. The maximum atomic E-state index is 13.0. The smallest absolute Gasteiger partial charge is 0.475 e. The molecule has 2 saturated heterocycles. The summed E-state index contributed by atoms with van der Waals surface area (Å²) in [5.41, 5.74) is 1.50. The number of carbonyl (C=O) groups is 2. The van der Waals surface area contributed by atoms with E-state index in [9.17, 15) is 18.0 Å². The molecule has 0 aromatic carbocycles. The molecule has 0 bridgehead atoms. The summed E-state index contributed by atoms with van der Waals surface area (Å²) in [7, 11) is 0. The number of carboxylic acids is 1. The van der Waals surface area contributed by atoms with Gasteiger partial charge in [-0.25, -0.2) is 9.78 Å². The summed E-state index contributed by atoms with van der Waals surface area (Å²) < 4.78 is 43.7. The summed E-state index contributed by atoms with van der Waals surface area (Å²) in [6.07, 6.45) is -0.181. The number of pyridine rings is 2. The van der Waals surface area contributed by atoms with Crippen molar-refractivity contribution in [1.82, 2.24) is 14.9 Å². The van der Waals surface area contributed by atoms with Crippen molar-refractivity contribution in [2.75, 3.05) is 13.2 Å². The number of hydrogen-bond acceptors (Lipinski definition) is 6. The van der Waals surface area contributed by atoms with E-state index in [-0.39, 0.29) is 24.2 Å². The van der Waals surface area contributed by atoms with E-state index < -0.39 is 12.1 Å². The van der Waals surface area contributed by atoms with Crippen molar-refractivity contribution in [3.05, 3.63) is 54.0 Å². The molecule has 4 heterocycles. The topological polar surface area (TPSA) is 102 Å². The SMILES string of the molecule is Cc1ccc(C(=O)N2C[C@H](Oc3ccccn3)[C@H]3OCCC[C@H]32)cn1.O=C(O)C(F)(F)F. The number of halogens is 3. The number of nitrogens with zero attached hydrogens (tertiary/aromatic N) is 3. The van der Waals surface area contributed by atoms with Crippen LogP contribution in [0.15, 0.2) is 42.7 Å². The molecule has 0 radical (unpaired) electrons. The predicted molar refractivity (Wildman–Crippen MR) is 105 cm³/mol. The second-order valence-corrected chi connectivity index (χ2v) is 7.32. The number of alkyl halides is 3. The van der Waals surface area contributed by atoms with Gasteiger partial charge in [0.25, 0.3) is 5.91 Å². The Morgan fingerprint density at radius 2 is 1.97 bits per heavy atom. The Hall–Kier alpha value is -3.21. The number of amides is 1. The molecule has 2 fully saturated rings. The van der Waals surface area contributed by atoms with Crippen LogP contribution in [0.3, 0.4) is 0 Å². The summed E-state index contributed by atoms with van der Waals surface area (Å²) in [6, 6.07) is 9.29. The fourth-order valence-electron chi connectivity index (χ4n) is 3.58. The third kappa shape index (κ3) is 5.72. The molecule has 2 aliphatic rings. The van der Waals surface area contributed by atoms with Gasteiger partial charge in [0.2, 0.25) is 5.88 Å². The van der Waals surface area contributed by atoms with Crippen LogP contribution in [0, 0.1) is 6.92 Å². The second-order valence-electron chi connectivity index (χ2n) is 7.32. The van der Waals surface area contributed by atoms with Gasteiger partial charge in [-0.2, -0.15) is 13.2 Å². The molecule has 2 aromatic heterocycles. The normalized spacial score (nSPS) is 22.4. The molecule has 2 aliphatic heterocycles. The van der Waals surface area contributed by atoms with Crippen LogP contribution in [0.25, 0.3) is 0 Å². The molecule has 4 rings (SSSR count). The van der Waals surface area contributed by atoms with Crippen LogP contribution in [0.2, 0.25) is 0 Å². The lowest BCUT2D eigenvalue weighted by Crippen LogP contribution is -2.44. The van der Waals surface area contributed by atoms with Crippen LogP contribution in [0.4, 0.5) is 13.2 Å². The molecule has 0 unspecified atom stereocenters. The van der Waals surface area contributed by atoms with Crippen molar-refractivity contribution in [3.8, 4) is 5.88 Å². The number of aromatic nitrogens is 2. The third-order valence-corrected chi connectivity index (χ3v) is 5.05. The van der Waals surface area contributed by atoms with E-state index in [0.29, 0.717) is 24.6 Å². The maximum absolute atomic E-state index is 13.0. The average Bonchev–Trinajstić information content (AvgIpc) is 3.13. The van der Waals surface area contributed by atoms with Gasteiger partial charge in [-0.1, -0.05) is 6.07 Å². The monoisotopic (exact) mass is 453 g/mol. The van der Waals surface area contributed by atoms with Crippen LogP contribution in [-0.2, 0) is 9.53 Å². The van der Waals surface area contributed by atoms with Gasteiger partial charge in [0, 0.05) is 30.8 Å². The number of rotatable bonds is 3. The molecular weight excluding hydrogens is 431 g/mol. The van der Waals surface area contributed by atoms with Crippen molar-refractivity contribution in [2.45, 2.75) is 44.2 Å². The van der Waals surface area contributed by atoms with Gasteiger partial charge in [0.1, 0.15) is 12.2 Å². The maximum Gasteiger partial charge on any atom is 0.490 e. The van der Waals surface area contributed by atoms with Gasteiger partial charge in [0.05, 0.1) is 18.2 Å². The van der Waals surface area contributed by atoms with Gasteiger partial charge in [0.15, 0.2) is 0 Å². The predicted octanol–water partition coefficient (Wildman–Crippen LogP) is 2.87.